The molecule has 3 rings (SSSR count). The lowest BCUT2D eigenvalue weighted by atomic mass is 10.1. The van der Waals surface area contributed by atoms with Crippen LogP contribution >= 0.6 is 0 Å². The SMILES string of the molecule is Cc1ccc(CN2CCC[C@H]2CO)cc1NC(=O)CNc1ccc(F)c(F)c1. The highest BCUT2D eigenvalue weighted by molar-refractivity contribution is 5.94. The van der Waals surface area contributed by atoms with Gasteiger partial charge in [-0.2, -0.15) is 0 Å². The normalized spacial score (nSPS) is 16.9. The molecule has 0 aliphatic carbocycles. The van der Waals surface area contributed by atoms with Gasteiger partial charge in [0, 0.05) is 30.0 Å². The standard InChI is InChI=1S/C21H25F2N3O2/c1-14-4-5-15(12-26-8-2-3-17(26)13-27)9-20(14)25-21(28)11-24-16-6-7-18(22)19(23)10-16/h4-7,9-10,17,24,27H,2-3,8,11-13H2,1H3,(H,25,28)/t17-/m0/s1. The summed E-state index contributed by atoms with van der Waals surface area (Å²) < 4.78 is 26.2. The van der Waals surface area contributed by atoms with E-state index in [-0.39, 0.29) is 25.1 Å². The molecule has 7 heteroatoms. The number of benzene rings is 2. The van der Waals surface area contributed by atoms with Crippen molar-refractivity contribution in [2.24, 2.45) is 0 Å². The van der Waals surface area contributed by atoms with Gasteiger partial charge in [0.15, 0.2) is 11.6 Å². The maximum absolute atomic E-state index is 13.2. The third kappa shape index (κ3) is 5.05. The lowest BCUT2D eigenvalue weighted by molar-refractivity contribution is -0.114. The molecule has 1 atom stereocenters. The second-order valence-corrected chi connectivity index (χ2v) is 7.13. The number of hydrogen-bond donors (Lipinski definition) is 3. The number of likely N-dealkylation sites (tertiary alicyclic amines) is 1. The van der Waals surface area contributed by atoms with Crippen molar-refractivity contribution in [1.82, 2.24) is 4.90 Å². The zero-order chi connectivity index (χ0) is 20.1. The van der Waals surface area contributed by atoms with Crippen molar-refractivity contribution in [2.45, 2.75) is 32.4 Å². The Morgan fingerprint density at radius 3 is 2.79 bits per heavy atom. The van der Waals surface area contributed by atoms with Gasteiger partial charge in [0.05, 0.1) is 13.2 Å². The minimum Gasteiger partial charge on any atom is -0.395 e. The van der Waals surface area contributed by atoms with Crippen molar-refractivity contribution in [3.05, 3.63) is 59.2 Å². The van der Waals surface area contributed by atoms with Gasteiger partial charge in [-0.25, -0.2) is 8.78 Å². The first kappa shape index (κ1) is 20.2. The number of aliphatic hydroxyl groups is 1. The molecule has 150 valence electrons. The first-order chi connectivity index (χ1) is 13.5. The number of aryl methyl sites for hydroxylation is 1. The molecule has 0 spiro atoms. The van der Waals surface area contributed by atoms with Gasteiger partial charge < -0.3 is 15.7 Å². The Balaban J connectivity index is 1.59. The van der Waals surface area contributed by atoms with Crippen LogP contribution in [0, 0.1) is 18.6 Å². The van der Waals surface area contributed by atoms with E-state index in [1.807, 2.05) is 25.1 Å². The summed E-state index contributed by atoms with van der Waals surface area (Å²) >= 11 is 0. The summed E-state index contributed by atoms with van der Waals surface area (Å²) in [4.78, 5) is 14.5. The van der Waals surface area contributed by atoms with Gasteiger partial charge in [0.1, 0.15) is 0 Å². The van der Waals surface area contributed by atoms with E-state index in [0.717, 1.165) is 49.2 Å². The highest BCUT2D eigenvalue weighted by Crippen LogP contribution is 2.23. The second-order valence-electron chi connectivity index (χ2n) is 7.13. The molecule has 3 N–H and O–H groups in total. The van der Waals surface area contributed by atoms with E-state index >= 15 is 0 Å². The molecule has 1 amide bonds. The average Bonchev–Trinajstić information content (AvgIpc) is 3.12. The molecule has 0 saturated carbocycles. The van der Waals surface area contributed by atoms with Crippen molar-refractivity contribution >= 4 is 17.3 Å². The molecule has 0 aromatic heterocycles. The Morgan fingerprint density at radius 1 is 1.21 bits per heavy atom. The highest BCUT2D eigenvalue weighted by atomic mass is 19.2. The minimum atomic E-state index is -0.961. The molecule has 0 bridgehead atoms. The van der Waals surface area contributed by atoms with Crippen LogP contribution in [0.3, 0.4) is 0 Å². The lowest BCUT2D eigenvalue weighted by Crippen LogP contribution is -2.31. The molecule has 1 heterocycles. The van der Waals surface area contributed by atoms with Gasteiger partial charge in [0.25, 0.3) is 0 Å². The van der Waals surface area contributed by atoms with Crippen molar-refractivity contribution in [3.8, 4) is 0 Å². The third-order valence-corrected chi connectivity index (χ3v) is 5.04. The Hall–Kier alpha value is -2.51. The van der Waals surface area contributed by atoms with Gasteiger partial charge in [-0.05, 0) is 55.6 Å². The van der Waals surface area contributed by atoms with Gasteiger partial charge in [-0.1, -0.05) is 12.1 Å². The Bertz CT molecular complexity index is 844. The van der Waals surface area contributed by atoms with E-state index in [1.54, 1.807) is 0 Å². The Kier molecular flexibility index (Phi) is 6.59. The first-order valence-electron chi connectivity index (χ1n) is 9.39. The zero-order valence-corrected chi connectivity index (χ0v) is 15.8. The van der Waals surface area contributed by atoms with Gasteiger partial charge in [0.2, 0.25) is 5.91 Å². The number of carbonyl (C=O) groups excluding carboxylic acids is 1. The molecule has 1 saturated heterocycles. The molecule has 28 heavy (non-hydrogen) atoms. The molecule has 5 nitrogen and oxygen atoms in total. The predicted octanol–water partition coefficient (Wildman–Crippen LogP) is 3.28. The first-order valence-corrected chi connectivity index (χ1v) is 9.39. The van der Waals surface area contributed by atoms with Crippen LogP contribution in [0.4, 0.5) is 20.2 Å². The third-order valence-electron chi connectivity index (χ3n) is 5.04. The zero-order valence-electron chi connectivity index (χ0n) is 15.8. The van der Waals surface area contributed by atoms with E-state index in [2.05, 4.69) is 15.5 Å². The molecule has 2 aromatic rings. The number of aliphatic hydroxyl groups excluding tert-OH is 1. The number of nitrogens with zero attached hydrogens (tertiary/aromatic N) is 1. The maximum atomic E-state index is 13.2. The van der Waals surface area contributed by atoms with Gasteiger partial charge in [-0.3, -0.25) is 9.69 Å². The van der Waals surface area contributed by atoms with Crippen molar-refractivity contribution in [1.29, 1.82) is 0 Å². The van der Waals surface area contributed by atoms with Crippen molar-refractivity contribution < 1.29 is 18.7 Å². The summed E-state index contributed by atoms with van der Waals surface area (Å²) in [6.45, 7) is 3.69. The molecule has 1 fully saturated rings. The van der Waals surface area contributed by atoms with Gasteiger partial charge in [-0.15, -0.1) is 0 Å². The Morgan fingerprint density at radius 2 is 2.04 bits per heavy atom. The molecule has 1 aliphatic heterocycles. The maximum Gasteiger partial charge on any atom is 0.243 e. The topological polar surface area (TPSA) is 64.6 Å². The highest BCUT2D eigenvalue weighted by Gasteiger charge is 2.23. The van der Waals surface area contributed by atoms with Crippen LogP contribution in [0.1, 0.15) is 24.0 Å². The van der Waals surface area contributed by atoms with E-state index in [4.69, 9.17) is 0 Å². The lowest BCUT2D eigenvalue weighted by Gasteiger charge is -2.23. The number of hydrogen-bond acceptors (Lipinski definition) is 4. The summed E-state index contributed by atoms with van der Waals surface area (Å²) in [6, 6.07) is 9.53. The molecule has 2 aromatic carbocycles. The minimum absolute atomic E-state index is 0.0621. The number of amides is 1. The number of carbonyl (C=O) groups is 1. The Labute approximate surface area is 163 Å². The monoisotopic (exact) mass is 389 g/mol. The molecule has 0 unspecified atom stereocenters. The summed E-state index contributed by atoms with van der Waals surface area (Å²) in [7, 11) is 0. The fraction of sp³-hybridized carbons (Fsp3) is 0.381. The second kappa shape index (κ2) is 9.12. The number of halogens is 2. The van der Waals surface area contributed by atoms with Crippen LogP contribution in [-0.4, -0.2) is 41.7 Å². The summed E-state index contributed by atoms with van der Waals surface area (Å²) in [5, 5.41) is 15.1. The smallest absolute Gasteiger partial charge is 0.243 e. The van der Waals surface area contributed by atoms with E-state index < -0.39 is 11.6 Å². The quantitative estimate of drug-likeness (QED) is 0.680. The fourth-order valence-electron chi connectivity index (χ4n) is 3.43. The van der Waals surface area contributed by atoms with Crippen LogP contribution in [0.2, 0.25) is 0 Å². The number of anilines is 2. The van der Waals surface area contributed by atoms with Gasteiger partial charge >= 0.3 is 0 Å². The summed E-state index contributed by atoms with van der Waals surface area (Å²) in [5.74, 6) is -2.17. The summed E-state index contributed by atoms with van der Waals surface area (Å²) in [6.07, 6.45) is 2.08. The molecular weight excluding hydrogens is 364 g/mol. The predicted molar refractivity (Wildman–Crippen MR) is 105 cm³/mol. The van der Waals surface area contributed by atoms with E-state index in [0.29, 0.717) is 11.4 Å². The van der Waals surface area contributed by atoms with Crippen molar-refractivity contribution in [3.63, 3.8) is 0 Å². The number of rotatable bonds is 7. The number of nitrogens with one attached hydrogen (secondary N) is 2. The van der Waals surface area contributed by atoms with Crippen LogP contribution in [0.25, 0.3) is 0 Å². The van der Waals surface area contributed by atoms with Crippen molar-refractivity contribution in [2.75, 3.05) is 30.3 Å². The molecule has 1 aliphatic rings. The van der Waals surface area contributed by atoms with Crippen LogP contribution < -0.4 is 10.6 Å². The van der Waals surface area contributed by atoms with Crippen LogP contribution in [-0.2, 0) is 11.3 Å². The van der Waals surface area contributed by atoms with E-state index in [1.165, 1.54) is 6.07 Å². The fourth-order valence-corrected chi connectivity index (χ4v) is 3.43. The molecular formula is C21H25F2N3O2. The molecule has 0 radical (unpaired) electrons. The van der Waals surface area contributed by atoms with Crippen LogP contribution in [0.15, 0.2) is 36.4 Å². The largest absolute Gasteiger partial charge is 0.395 e. The van der Waals surface area contributed by atoms with Crippen LogP contribution in [0.5, 0.6) is 0 Å². The summed E-state index contributed by atoms with van der Waals surface area (Å²) in [5.41, 5.74) is 3.05. The van der Waals surface area contributed by atoms with E-state index in [9.17, 15) is 18.7 Å². The average molecular weight is 389 g/mol.